The van der Waals surface area contributed by atoms with Gasteiger partial charge in [0.1, 0.15) is 18.4 Å². The van der Waals surface area contributed by atoms with Crippen molar-refractivity contribution in [1.82, 2.24) is 14.0 Å². The molecule has 3 aromatic rings. The van der Waals surface area contributed by atoms with Crippen molar-refractivity contribution in [1.29, 1.82) is 5.26 Å². The molecule has 0 radical (unpaired) electrons. The summed E-state index contributed by atoms with van der Waals surface area (Å²) in [6, 6.07) is 11.8. The second-order valence-electron chi connectivity index (χ2n) is 8.01. The molecule has 1 N–H and O–H groups in total. The van der Waals surface area contributed by atoms with Crippen molar-refractivity contribution in [2.75, 3.05) is 6.54 Å². The van der Waals surface area contributed by atoms with Gasteiger partial charge in [0.15, 0.2) is 0 Å². The normalized spacial score (nSPS) is 17.9. The summed E-state index contributed by atoms with van der Waals surface area (Å²) in [6.07, 6.45) is -0.0964. The molecule has 3 heterocycles. The third-order valence-electron chi connectivity index (χ3n) is 6.13. The van der Waals surface area contributed by atoms with Crippen LogP contribution in [-0.4, -0.2) is 36.7 Å². The second-order valence-corrected chi connectivity index (χ2v) is 9.17. The summed E-state index contributed by atoms with van der Waals surface area (Å²) in [4.78, 5) is 37.6. The number of aromatic hydroxyl groups is 1. The number of hydrogen-bond donors (Lipinski definition) is 1. The van der Waals surface area contributed by atoms with Crippen molar-refractivity contribution >= 4 is 34.4 Å². The Morgan fingerprint density at radius 1 is 1.29 bits per heavy atom. The third-order valence-corrected chi connectivity index (χ3v) is 7.03. The lowest BCUT2D eigenvalue weighted by atomic mass is 10.2. The van der Waals surface area contributed by atoms with E-state index in [1.165, 1.54) is 38.3 Å². The molecule has 2 aromatic carbocycles. The summed E-state index contributed by atoms with van der Waals surface area (Å²) < 4.78 is 8.74. The molecule has 12 heteroatoms. The number of nitriles is 1. The average molecular weight is 573 g/mol. The van der Waals surface area contributed by atoms with Crippen LogP contribution in [0.25, 0.3) is 5.69 Å². The molecule has 1 amide bonds. The van der Waals surface area contributed by atoms with Crippen molar-refractivity contribution in [3.8, 4) is 17.6 Å². The first-order chi connectivity index (χ1) is 16.3. The van der Waals surface area contributed by atoms with Gasteiger partial charge in [-0.25, -0.2) is 14.2 Å². The number of benzene rings is 2. The van der Waals surface area contributed by atoms with E-state index >= 15 is 0 Å². The van der Waals surface area contributed by atoms with Gasteiger partial charge in [-0.2, -0.15) is 5.26 Å². The maximum Gasteiger partial charge on any atom is 0.410 e. The van der Waals surface area contributed by atoms with Gasteiger partial charge in [0.25, 0.3) is 5.69 Å². The van der Waals surface area contributed by atoms with E-state index in [4.69, 9.17) is 10.00 Å². The number of nitrogens with zero attached hydrogens (tertiary/aromatic N) is 5. The highest BCUT2D eigenvalue weighted by molar-refractivity contribution is 14.1. The molecule has 0 saturated carbocycles. The number of nitro benzene ring substituents is 1. The van der Waals surface area contributed by atoms with Crippen LogP contribution in [0.15, 0.2) is 47.3 Å². The lowest BCUT2D eigenvalue weighted by molar-refractivity contribution is -0.384. The molecule has 1 aromatic heterocycles. The van der Waals surface area contributed by atoms with Gasteiger partial charge in [-0.1, -0.05) is 0 Å². The second kappa shape index (κ2) is 8.17. The number of ether oxygens (including phenoxy) is 1. The van der Waals surface area contributed by atoms with Crippen LogP contribution in [0.4, 0.5) is 10.5 Å². The van der Waals surface area contributed by atoms with Gasteiger partial charge < -0.3 is 9.84 Å². The highest BCUT2D eigenvalue weighted by Crippen LogP contribution is 2.48. The van der Waals surface area contributed by atoms with E-state index in [0.29, 0.717) is 32.5 Å². The topological polar surface area (TPSA) is 144 Å². The molecule has 1 fully saturated rings. The predicted molar refractivity (Wildman–Crippen MR) is 126 cm³/mol. The van der Waals surface area contributed by atoms with E-state index < -0.39 is 22.7 Å². The first-order valence-corrected chi connectivity index (χ1v) is 11.3. The van der Waals surface area contributed by atoms with Crippen molar-refractivity contribution in [2.45, 2.75) is 25.1 Å². The van der Waals surface area contributed by atoms with Crippen molar-refractivity contribution in [2.24, 2.45) is 0 Å². The molecular formula is C22H16IN5O6. The van der Waals surface area contributed by atoms with Crippen LogP contribution in [0.3, 0.4) is 0 Å². The van der Waals surface area contributed by atoms with Crippen LogP contribution in [-0.2, 0) is 11.3 Å². The molecule has 34 heavy (non-hydrogen) atoms. The van der Waals surface area contributed by atoms with Crippen LogP contribution in [0, 0.1) is 25.0 Å². The number of carbonyl (C=O) groups is 1. The number of likely N-dealkylation sites (tertiary alicyclic amines) is 1. The summed E-state index contributed by atoms with van der Waals surface area (Å²) >= 11 is 2.00. The monoisotopic (exact) mass is 573 g/mol. The number of halogens is 1. The van der Waals surface area contributed by atoms with Crippen molar-refractivity contribution < 1.29 is 19.6 Å². The number of fused-ring (bicyclic) bond motifs is 5. The van der Waals surface area contributed by atoms with Gasteiger partial charge in [-0.3, -0.25) is 19.6 Å². The predicted octanol–water partition coefficient (Wildman–Crippen LogP) is 3.37. The standard InChI is InChI=1S/C22H16IN5O6/c23-17-7-15(6-3-13(17)9-24)27-20(29)19-18-8-16(26(19)21(27)30)10-25(18)22(31)34-11-12-1-4-14(5-2-12)28(32)33/h1-7,16,18,29H,8,10-11H2/t16-,18-/m0/s1. The van der Waals surface area contributed by atoms with Gasteiger partial charge in [-0.15, -0.1) is 0 Å². The number of rotatable bonds is 4. The lowest BCUT2D eigenvalue weighted by Crippen LogP contribution is -2.38. The molecule has 172 valence electrons. The van der Waals surface area contributed by atoms with E-state index in [9.17, 15) is 24.8 Å². The molecule has 2 aliphatic heterocycles. The molecule has 1 saturated heterocycles. The number of aromatic nitrogens is 2. The Bertz CT molecular complexity index is 1440. The molecule has 2 aliphatic rings. The number of carbonyl (C=O) groups excluding carboxylic acids is 1. The van der Waals surface area contributed by atoms with E-state index in [-0.39, 0.29) is 30.8 Å². The molecular weight excluding hydrogens is 557 g/mol. The van der Waals surface area contributed by atoms with Crippen LogP contribution in [0.5, 0.6) is 5.88 Å². The molecule has 0 unspecified atom stereocenters. The van der Waals surface area contributed by atoms with E-state index in [0.717, 1.165) is 0 Å². The fourth-order valence-corrected chi connectivity index (χ4v) is 5.18. The Kier molecular flexibility index (Phi) is 5.28. The zero-order valence-corrected chi connectivity index (χ0v) is 19.6. The minimum Gasteiger partial charge on any atom is -0.493 e. The molecule has 2 bridgehead atoms. The molecule has 2 atom stereocenters. The fraction of sp³-hybridized carbons (Fsp3) is 0.227. The lowest BCUT2D eigenvalue weighted by Gasteiger charge is -2.26. The SMILES string of the molecule is N#Cc1ccc(-n2c(O)c3n(c2=O)[C@H]2C[C@@H]3N(C(=O)OCc3ccc([N+](=O)[O-])cc3)C2)cc1I. The Morgan fingerprint density at radius 3 is 2.68 bits per heavy atom. The van der Waals surface area contributed by atoms with Crippen molar-refractivity contribution in [3.05, 3.63) is 83.5 Å². The van der Waals surface area contributed by atoms with E-state index in [2.05, 4.69) is 6.07 Å². The van der Waals surface area contributed by atoms with Crippen LogP contribution in [0.1, 0.15) is 35.3 Å². The smallest absolute Gasteiger partial charge is 0.410 e. The van der Waals surface area contributed by atoms with E-state index in [1.807, 2.05) is 22.6 Å². The highest BCUT2D eigenvalue weighted by atomic mass is 127. The molecule has 5 rings (SSSR count). The summed E-state index contributed by atoms with van der Waals surface area (Å²) in [5, 5.41) is 30.9. The number of hydrogen-bond acceptors (Lipinski definition) is 7. The van der Waals surface area contributed by atoms with Gasteiger partial charge in [0.2, 0.25) is 5.88 Å². The maximum atomic E-state index is 13.1. The summed E-state index contributed by atoms with van der Waals surface area (Å²) in [5.41, 5.74) is 1.39. The first kappa shape index (κ1) is 22.0. The largest absolute Gasteiger partial charge is 0.493 e. The summed E-state index contributed by atoms with van der Waals surface area (Å²) in [5.74, 6) is -0.245. The number of non-ortho nitro benzene ring substituents is 1. The molecule has 0 spiro atoms. The Morgan fingerprint density at radius 2 is 2.03 bits per heavy atom. The van der Waals surface area contributed by atoms with Gasteiger partial charge in [-0.05, 0) is 64.9 Å². The third kappa shape index (κ3) is 3.39. The van der Waals surface area contributed by atoms with Crippen LogP contribution in [0.2, 0.25) is 0 Å². The Balaban J connectivity index is 1.37. The minimum atomic E-state index is -0.593. The molecule has 0 aliphatic carbocycles. The fourth-order valence-electron chi connectivity index (χ4n) is 4.56. The molecule has 11 nitrogen and oxygen atoms in total. The first-order valence-electron chi connectivity index (χ1n) is 10.2. The minimum absolute atomic E-state index is 0.0539. The average Bonchev–Trinajstić information content (AvgIpc) is 3.49. The van der Waals surface area contributed by atoms with Gasteiger partial charge in [0.05, 0.1) is 28.3 Å². The Hall–Kier alpha value is -3.86. The van der Waals surface area contributed by atoms with Crippen LogP contribution < -0.4 is 5.69 Å². The zero-order chi connectivity index (χ0) is 24.1. The number of nitro groups is 1. The summed E-state index contributed by atoms with van der Waals surface area (Å²) in [7, 11) is 0. The van der Waals surface area contributed by atoms with E-state index in [1.54, 1.807) is 18.2 Å². The Labute approximate surface area is 205 Å². The zero-order valence-electron chi connectivity index (χ0n) is 17.4. The number of imidazole rings is 1. The van der Waals surface area contributed by atoms with Crippen LogP contribution >= 0.6 is 22.6 Å². The number of amides is 1. The highest BCUT2D eigenvalue weighted by Gasteiger charge is 2.49. The van der Waals surface area contributed by atoms with Gasteiger partial charge >= 0.3 is 11.8 Å². The summed E-state index contributed by atoms with van der Waals surface area (Å²) in [6.45, 7) is 0.208. The maximum absolute atomic E-state index is 13.1. The van der Waals surface area contributed by atoms with Crippen molar-refractivity contribution in [3.63, 3.8) is 0 Å². The van der Waals surface area contributed by atoms with Gasteiger partial charge in [0, 0.05) is 22.2 Å². The quantitative estimate of drug-likeness (QED) is 0.286.